The molecule has 2 amide bonds. The van der Waals surface area contributed by atoms with Gasteiger partial charge in [-0.15, -0.1) is 0 Å². The summed E-state index contributed by atoms with van der Waals surface area (Å²) in [5.41, 5.74) is 0.489. The predicted octanol–water partition coefficient (Wildman–Crippen LogP) is 5.10. The Hall–Kier alpha value is -3.82. The summed E-state index contributed by atoms with van der Waals surface area (Å²) in [6.07, 6.45) is 0. The first-order valence-corrected chi connectivity index (χ1v) is 14.7. The highest BCUT2D eigenvalue weighted by atomic mass is 19.1. The van der Waals surface area contributed by atoms with Gasteiger partial charge in [-0.2, -0.15) is 0 Å². The van der Waals surface area contributed by atoms with E-state index in [-0.39, 0.29) is 50.2 Å². The molecular formula is C33H42F2N2O6. The molecule has 6 atom stereocenters. The zero-order chi connectivity index (χ0) is 31.7. The van der Waals surface area contributed by atoms with Crippen LogP contribution in [-0.4, -0.2) is 73.2 Å². The summed E-state index contributed by atoms with van der Waals surface area (Å²) < 4.78 is 36.5. The lowest BCUT2D eigenvalue weighted by Gasteiger charge is -2.27. The number of likely N-dealkylation sites (tertiary alicyclic amines) is 2. The molecule has 0 bridgehead atoms. The molecule has 4 rings (SSSR count). The van der Waals surface area contributed by atoms with E-state index in [1.54, 1.807) is 23.6 Å². The fraction of sp³-hybridized carbons (Fsp3) is 0.515. The molecule has 8 nitrogen and oxygen atoms in total. The fourth-order valence-electron chi connectivity index (χ4n) is 5.71. The van der Waals surface area contributed by atoms with Crippen molar-refractivity contribution in [3.05, 3.63) is 71.8 Å². The Kier molecular flexibility index (Phi) is 11.8. The van der Waals surface area contributed by atoms with Crippen LogP contribution in [0.25, 0.3) is 0 Å². The van der Waals surface area contributed by atoms with Crippen molar-refractivity contribution >= 4 is 23.8 Å². The van der Waals surface area contributed by atoms with E-state index < -0.39 is 48.5 Å². The van der Waals surface area contributed by atoms with Crippen LogP contribution in [0.4, 0.5) is 8.78 Å². The zero-order valence-corrected chi connectivity index (χ0v) is 25.5. The lowest BCUT2D eigenvalue weighted by Crippen LogP contribution is -2.43. The number of hydrogen-bond acceptors (Lipinski definition) is 6. The van der Waals surface area contributed by atoms with E-state index in [2.05, 4.69) is 0 Å². The normalized spacial score (nSPS) is 24.7. The lowest BCUT2D eigenvalue weighted by atomic mass is 9.80. The van der Waals surface area contributed by atoms with Gasteiger partial charge in [0.25, 0.3) is 0 Å². The molecule has 0 saturated carbocycles. The van der Waals surface area contributed by atoms with Crippen molar-refractivity contribution in [3.8, 4) is 0 Å². The van der Waals surface area contributed by atoms with E-state index in [1.165, 1.54) is 6.92 Å². The third kappa shape index (κ3) is 7.05. The molecule has 0 N–H and O–H groups in total. The minimum atomic E-state index is -1.44. The first kappa shape index (κ1) is 33.7. The number of benzene rings is 2. The van der Waals surface area contributed by atoms with E-state index in [0.29, 0.717) is 0 Å². The smallest absolute Gasteiger partial charge is 0.321 e. The average Bonchev–Trinajstić information content (AvgIpc) is 3.50. The van der Waals surface area contributed by atoms with Crippen LogP contribution in [0.1, 0.15) is 57.8 Å². The number of hydrogen-bond donors (Lipinski definition) is 0. The van der Waals surface area contributed by atoms with E-state index in [1.807, 2.05) is 74.5 Å². The summed E-state index contributed by atoms with van der Waals surface area (Å²) in [7, 11) is 0. The highest BCUT2D eigenvalue weighted by molar-refractivity contribution is 6.04. The SMILES string of the molecule is CCOC(=O)[C@H]1C(=O)N([C@H](C)c2ccccc2)C[C@@H]1CF.CCOC(=O)[C@]1(C)C(=O)N([C@H](C)c2ccccc2)C[C@@H]1CF. The Labute approximate surface area is 252 Å². The van der Waals surface area contributed by atoms with Crippen LogP contribution in [0.5, 0.6) is 0 Å². The van der Waals surface area contributed by atoms with Gasteiger partial charge in [0.05, 0.1) is 38.6 Å². The number of carbonyl (C=O) groups is 4. The molecule has 2 aliphatic heterocycles. The van der Waals surface area contributed by atoms with Crippen molar-refractivity contribution in [1.29, 1.82) is 0 Å². The molecule has 234 valence electrons. The topological polar surface area (TPSA) is 93.2 Å². The molecule has 2 aromatic carbocycles. The quantitative estimate of drug-likeness (QED) is 0.278. The molecule has 2 aromatic rings. The van der Waals surface area contributed by atoms with Crippen molar-refractivity contribution in [2.45, 2.75) is 46.7 Å². The molecule has 2 heterocycles. The van der Waals surface area contributed by atoms with Gasteiger partial charge in [-0.3, -0.25) is 28.0 Å². The molecule has 2 aliphatic rings. The van der Waals surface area contributed by atoms with Crippen molar-refractivity contribution in [1.82, 2.24) is 9.80 Å². The van der Waals surface area contributed by atoms with Crippen molar-refractivity contribution < 1.29 is 37.4 Å². The lowest BCUT2D eigenvalue weighted by molar-refractivity contribution is -0.163. The molecule has 2 saturated heterocycles. The zero-order valence-electron chi connectivity index (χ0n) is 25.5. The highest BCUT2D eigenvalue weighted by Crippen LogP contribution is 2.42. The maximum atomic E-state index is 13.4. The van der Waals surface area contributed by atoms with Crippen LogP contribution in [0.2, 0.25) is 0 Å². The Morgan fingerprint density at radius 1 is 0.837 bits per heavy atom. The van der Waals surface area contributed by atoms with Crippen molar-refractivity contribution in [2.75, 3.05) is 39.7 Å². The Bertz CT molecular complexity index is 1250. The van der Waals surface area contributed by atoms with E-state index in [0.717, 1.165) is 11.1 Å². The number of alkyl halides is 2. The molecule has 0 radical (unpaired) electrons. The molecule has 2 fully saturated rings. The minimum Gasteiger partial charge on any atom is -0.465 e. The average molecular weight is 601 g/mol. The van der Waals surface area contributed by atoms with Crippen LogP contribution in [0.15, 0.2) is 60.7 Å². The molecule has 43 heavy (non-hydrogen) atoms. The van der Waals surface area contributed by atoms with Crippen molar-refractivity contribution in [2.24, 2.45) is 23.2 Å². The summed E-state index contributed by atoms with van der Waals surface area (Å²) in [5, 5.41) is 0. The van der Waals surface area contributed by atoms with Gasteiger partial charge < -0.3 is 19.3 Å². The van der Waals surface area contributed by atoms with Gasteiger partial charge in [-0.25, -0.2) is 0 Å². The first-order valence-electron chi connectivity index (χ1n) is 14.7. The van der Waals surface area contributed by atoms with Crippen LogP contribution >= 0.6 is 0 Å². The second kappa shape index (κ2) is 15.1. The van der Waals surface area contributed by atoms with Crippen LogP contribution in [0.3, 0.4) is 0 Å². The van der Waals surface area contributed by atoms with Gasteiger partial charge in [0.1, 0.15) is 5.92 Å². The first-order chi connectivity index (χ1) is 20.6. The van der Waals surface area contributed by atoms with Gasteiger partial charge in [0.15, 0.2) is 5.41 Å². The molecule has 10 heteroatoms. The number of carbonyl (C=O) groups excluding carboxylic acids is 4. The van der Waals surface area contributed by atoms with Gasteiger partial charge in [0.2, 0.25) is 11.8 Å². The number of esters is 2. The number of ether oxygens (including phenoxy) is 2. The van der Waals surface area contributed by atoms with Gasteiger partial charge in [0, 0.05) is 24.9 Å². The Morgan fingerprint density at radius 3 is 1.81 bits per heavy atom. The van der Waals surface area contributed by atoms with Gasteiger partial charge >= 0.3 is 11.9 Å². The minimum absolute atomic E-state index is 0.176. The Balaban J connectivity index is 0.000000236. The van der Waals surface area contributed by atoms with Crippen molar-refractivity contribution in [3.63, 3.8) is 0 Å². The summed E-state index contributed by atoms with van der Waals surface area (Å²) >= 11 is 0. The maximum Gasteiger partial charge on any atom is 0.321 e. The molecule has 0 unspecified atom stereocenters. The summed E-state index contributed by atoms with van der Waals surface area (Å²) in [5.74, 6) is -4.26. The van der Waals surface area contributed by atoms with E-state index in [9.17, 15) is 28.0 Å². The monoisotopic (exact) mass is 600 g/mol. The summed E-state index contributed by atoms with van der Waals surface area (Å²) in [6, 6.07) is 18.6. The van der Waals surface area contributed by atoms with E-state index in [4.69, 9.17) is 9.47 Å². The molecule has 0 aliphatic carbocycles. The number of rotatable bonds is 10. The van der Waals surface area contributed by atoms with Crippen LogP contribution < -0.4 is 0 Å². The third-order valence-corrected chi connectivity index (χ3v) is 8.51. The third-order valence-electron chi connectivity index (χ3n) is 8.51. The standard InChI is InChI=1S/C17H22FNO3.C16H20FNO3/c1-4-22-16(21)17(3)14(10-18)11-19(15(17)20)12(2)13-8-6-5-7-9-13;1-3-21-16(20)14-13(9-17)10-18(15(14)19)11(2)12-7-5-4-6-8-12/h5-9,12,14H,4,10-11H2,1-3H3;4-8,11,13-14H,3,9-10H2,1-2H3/t12-,14+,17+;11-,13+,14-/m11/s1. The highest BCUT2D eigenvalue weighted by Gasteiger charge is 2.58. The maximum absolute atomic E-state index is 13.4. The number of nitrogens with zero attached hydrogens (tertiary/aromatic N) is 2. The fourth-order valence-corrected chi connectivity index (χ4v) is 5.71. The van der Waals surface area contributed by atoms with Crippen LogP contribution in [0, 0.1) is 23.2 Å². The molecule has 0 aromatic heterocycles. The number of halogens is 2. The largest absolute Gasteiger partial charge is 0.465 e. The predicted molar refractivity (Wildman–Crippen MR) is 157 cm³/mol. The molecule has 0 spiro atoms. The molecular weight excluding hydrogens is 558 g/mol. The number of amides is 2. The summed E-state index contributed by atoms with van der Waals surface area (Å²) in [6.45, 7) is 8.03. The second-order valence-electron chi connectivity index (χ2n) is 11.0. The Morgan fingerprint density at radius 2 is 1.35 bits per heavy atom. The summed E-state index contributed by atoms with van der Waals surface area (Å²) in [4.78, 5) is 52.5. The second-order valence-corrected chi connectivity index (χ2v) is 11.0. The van der Waals surface area contributed by atoms with E-state index >= 15 is 0 Å². The van der Waals surface area contributed by atoms with Gasteiger partial charge in [-0.1, -0.05) is 60.7 Å². The van der Waals surface area contributed by atoms with Crippen LogP contribution in [-0.2, 0) is 28.7 Å². The van der Waals surface area contributed by atoms with Gasteiger partial charge in [-0.05, 0) is 45.7 Å².